The zero-order valence-electron chi connectivity index (χ0n) is 12.2. The predicted molar refractivity (Wildman–Crippen MR) is 75.2 cm³/mol. The van der Waals surface area contributed by atoms with E-state index in [-0.39, 0.29) is 5.97 Å². The van der Waals surface area contributed by atoms with Crippen molar-refractivity contribution in [2.24, 2.45) is 0 Å². The lowest BCUT2D eigenvalue weighted by Crippen LogP contribution is -2.33. The van der Waals surface area contributed by atoms with Crippen LogP contribution in [0.15, 0.2) is 24.3 Å². The van der Waals surface area contributed by atoms with E-state index in [2.05, 4.69) is 18.7 Å². The molecular weight excluding hydrogens is 242 g/mol. The number of nitrogens with zero attached hydrogens (tertiary/aromatic N) is 1. The largest absolute Gasteiger partial charge is 0.465 e. The smallest absolute Gasteiger partial charge is 0.338 e. The minimum atomic E-state index is -0.286. The first-order valence-corrected chi connectivity index (χ1v) is 6.49. The number of hydrogen-bond acceptors (Lipinski definition) is 4. The molecule has 0 bridgehead atoms. The third-order valence-electron chi connectivity index (χ3n) is 3.11. The molecule has 0 radical (unpaired) electrons. The van der Waals surface area contributed by atoms with E-state index in [0.29, 0.717) is 24.8 Å². The molecule has 0 spiro atoms. The van der Waals surface area contributed by atoms with Crippen molar-refractivity contribution in [2.45, 2.75) is 26.4 Å². The summed E-state index contributed by atoms with van der Waals surface area (Å²) in [6.07, 6.45) is 0. The molecule has 0 aliphatic heterocycles. The summed E-state index contributed by atoms with van der Waals surface area (Å²) in [5.74, 6) is -0.286. The molecule has 0 saturated heterocycles. The number of esters is 1. The maximum atomic E-state index is 11.7. The van der Waals surface area contributed by atoms with Gasteiger partial charge in [-0.1, -0.05) is 18.2 Å². The van der Waals surface area contributed by atoms with Crippen LogP contribution in [0.3, 0.4) is 0 Å². The Morgan fingerprint density at radius 3 is 2.53 bits per heavy atom. The average molecular weight is 265 g/mol. The Bertz CT molecular complexity index is 404. The van der Waals surface area contributed by atoms with Crippen LogP contribution in [0.5, 0.6) is 0 Å². The average Bonchev–Trinajstić information content (AvgIpc) is 2.42. The first-order valence-electron chi connectivity index (χ1n) is 6.49. The molecule has 0 aromatic heterocycles. The van der Waals surface area contributed by atoms with Gasteiger partial charge in [0.1, 0.15) is 0 Å². The van der Waals surface area contributed by atoms with Crippen LogP contribution in [0.1, 0.15) is 29.8 Å². The maximum Gasteiger partial charge on any atom is 0.338 e. The molecule has 1 aromatic rings. The first kappa shape index (κ1) is 15.7. The summed E-state index contributed by atoms with van der Waals surface area (Å²) in [6, 6.07) is 7.95. The zero-order valence-corrected chi connectivity index (χ0v) is 12.2. The molecule has 1 rings (SSSR count). The van der Waals surface area contributed by atoms with Crippen LogP contribution in [0, 0.1) is 0 Å². The molecule has 0 atom stereocenters. The monoisotopic (exact) mass is 265 g/mol. The lowest BCUT2D eigenvalue weighted by molar-refractivity contribution is 0.0597. The Hall–Kier alpha value is -1.39. The van der Waals surface area contributed by atoms with Gasteiger partial charge in [-0.2, -0.15) is 0 Å². The summed E-state index contributed by atoms with van der Waals surface area (Å²) in [4.78, 5) is 14.0. The second-order valence-electron chi connectivity index (χ2n) is 4.71. The van der Waals surface area contributed by atoms with Crippen molar-refractivity contribution < 1.29 is 14.3 Å². The first-order chi connectivity index (χ1) is 9.10. The Kier molecular flexibility index (Phi) is 6.53. The summed E-state index contributed by atoms with van der Waals surface area (Å²) in [5, 5.41) is 0. The molecule has 106 valence electrons. The van der Waals surface area contributed by atoms with E-state index in [0.717, 1.165) is 12.1 Å². The highest BCUT2D eigenvalue weighted by atomic mass is 16.5. The summed E-state index contributed by atoms with van der Waals surface area (Å²) < 4.78 is 9.94. The van der Waals surface area contributed by atoms with Gasteiger partial charge in [0.15, 0.2) is 0 Å². The molecule has 0 aliphatic carbocycles. The van der Waals surface area contributed by atoms with Crippen molar-refractivity contribution in [3.05, 3.63) is 35.4 Å². The van der Waals surface area contributed by atoms with E-state index in [1.807, 2.05) is 18.2 Å². The molecule has 0 saturated carbocycles. The van der Waals surface area contributed by atoms with E-state index >= 15 is 0 Å². The third kappa shape index (κ3) is 4.65. The van der Waals surface area contributed by atoms with Crippen molar-refractivity contribution in [2.75, 3.05) is 27.4 Å². The molecule has 0 heterocycles. The quantitative estimate of drug-likeness (QED) is 0.709. The second-order valence-corrected chi connectivity index (χ2v) is 4.71. The predicted octanol–water partition coefficient (Wildman–Crippen LogP) is 2.33. The minimum absolute atomic E-state index is 0.286. The second kappa shape index (κ2) is 7.92. The van der Waals surface area contributed by atoms with E-state index in [9.17, 15) is 4.79 Å². The van der Waals surface area contributed by atoms with E-state index < -0.39 is 0 Å². The number of benzene rings is 1. The summed E-state index contributed by atoms with van der Waals surface area (Å²) in [5.41, 5.74) is 1.62. The molecule has 0 unspecified atom stereocenters. The van der Waals surface area contributed by atoms with Gasteiger partial charge in [-0.25, -0.2) is 4.79 Å². The van der Waals surface area contributed by atoms with E-state index in [1.54, 1.807) is 13.2 Å². The molecule has 0 N–H and O–H groups in total. The standard InChI is InChI=1S/C15H23NO3/c1-12(2)16(9-10-18-3)11-13-7-5-6-8-14(13)15(17)19-4/h5-8,12H,9-11H2,1-4H3. The number of carbonyl (C=O) groups is 1. The molecular formula is C15H23NO3. The highest BCUT2D eigenvalue weighted by Crippen LogP contribution is 2.14. The van der Waals surface area contributed by atoms with Crippen LogP contribution in [0.2, 0.25) is 0 Å². The van der Waals surface area contributed by atoms with Crippen molar-refractivity contribution in [3.8, 4) is 0 Å². The fourth-order valence-corrected chi connectivity index (χ4v) is 1.91. The van der Waals surface area contributed by atoms with Crippen molar-refractivity contribution in [1.29, 1.82) is 0 Å². The van der Waals surface area contributed by atoms with Gasteiger partial charge in [0, 0.05) is 26.2 Å². The zero-order chi connectivity index (χ0) is 14.3. The van der Waals surface area contributed by atoms with Gasteiger partial charge < -0.3 is 9.47 Å². The fraction of sp³-hybridized carbons (Fsp3) is 0.533. The van der Waals surface area contributed by atoms with Crippen LogP contribution in [0.4, 0.5) is 0 Å². The maximum absolute atomic E-state index is 11.7. The van der Waals surface area contributed by atoms with Gasteiger partial charge in [0.2, 0.25) is 0 Å². The molecule has 19 heavy (non-hydrogen) atoms. The number of hydrogen-bond donors (Lipinski definition) is 0. The molecule has 0 amide bonds. The molecule has 4 heteroatoms. The third-order valence-corrected chi connectivity index (χ3v) is 3.11. The van der Waals surface area contributed by atoms with E-state index in [1.165, 1.54) is 7.11 Å². The number of rotatable bonds is 7. The number of ether oxygens (including phenoxy) is 2. The Labute approximate surface area is 115 Å². The normalized spacial score (nSPS) is 11.1. The number of methoxy groups -OCH3 is 2. The fourth-order valence-electron chi connectivity index (χ4n) is 1.91. The van der Waals surface area contributed by atoms with Gasteiger partial charge >= 0.3 is 5.97 Å². The van der Waals surface area contributed by atoms with Gasteiger partial charge in [0.25, 0.3) is 0 Å². The summed E-state index contributed by atoms with van der Waals surface area (Å²) in [6.45, 7) is 6.50. The Morgan fingerprint density at radius 1 is 1.26 bits per heavy atom. The van der Waals surface area contributed by atoms with Crippen molar-refractivity contribution in [1.82, 2.24) is 4.90 Å². The molecule has 0 fully saturated rings. The van der Waals surface area contributed by atoms with Crippen LogP contribution in [-0.2, 0) is 16.0 Å². The Morgan fingerprint density at radius 2 is 1.95 bits per heavy atom. The minimum Gasteiger partial charge on any atom is -0.465 e. The van der Waals surface area contributed by atoms with Gasteiger partial charge in [-0.05, 0) is 25.5 Å². The van der Waals surface area contributed by atoms with Crippen molar-refractivity contribution in [3.63, 3.8) is 0 Å². The lowest BCUT2D eigenvalue weighted by atomic mass is 10.1. The molecule has 4 nitrogen and oxygen atoms in total. The summed E-state index contributed by atoms with van der Waals surface area (Å²) >= 11 is 0. The molecule has 0 aliphatic rings. The topological polar surface area (TPSA) is 38.8 Å². The van der Waals surface area contributed by atoms with Gasteiger partial charge in [-0.15, -0.1) is 0 Å². The summed E-state index contributed by atoms with van der Waals surface area (Å²) in [7, 11) is 3.10. The highest BCUT2D eigenvalue weighted by Gasteiger charge is 2.15. The van der Waals surface area contributed by atoms with E-state index in [4.69, 9.17) is 9.47 Å². The van der Waals surface area contributed by atoms with Crippen LogP contribution in [-0.4, -0.2) is 44.3 Å². The van der Waals surface area contributed by atoms with Gasteiger partial charge in [0.05, 0.1) is 19.3 Å². The van der Waals surface area contributed by atoms with Crippen LogP contribution in [0.25, 0.3) is 0 Å². The van der Waals surface area contributed by atoms with Crippen LogP contribution >= 0.6 is 0 Å². The SMILES string of the molecule is COCCN(Cc1ccccc1C(=O)OC)C(C)C. The van der Waals surface area contributed by atoms with Crippen LogP contribution < -0.4 is 0 Å². The molecule has 1 aromatic carbocycles. The van der Waals surface area contributed by atoms with Crippen molar-refractivity contribution >= 4 is 5.97 Å². The highest BCUT2D eigenvalue weighted by molar-refractivity contribution is 5.90. The Balaban J connectivity index is 2.86. The lowest BCUT2D eigenvalue weighted by Gasteiger charge is -2.26. The number of carbonyl (C=O) groups excluding carboxylic acids is 1. The van der Waals surface area contributed by atoms with Gasteiger partial charge in [-0.3, -0.25) is 4.90 Å².